The molecule has 6 nitrogen and oxygen atoms in total. The highest BCUT2D eigenvalue weighted by Gasteiger charge is 2.09. The van der Waals surface area contributed by atoms with Crippen LogP contribution in [-0.4, -0.2) is 48.7 Å². The molecule has 0 bridgehead atoms. The highest BCUT2D eigenvalue weighted by atomic mass is 33.1. The van der Waals surface area contributed by atoms with Gasteiger partial charge in [0.25, 0.3) is 0 Å². The van der Waals surface area contributed by atoms with Crippen LogP contribution in [-0.2, 0) is 0 Å². The van der Waals surface area contributed by atoms with E-state index in [1.54, 1.807) is 28.2 Å². The summed E-state index contributed by atoms with van der Waals surface area (Å²) < 4.78 is 0. The Kier molecular flexibility index (Phi) is 6.71. The van der Waals surface area contributed by atoms with Crippen LogP contribution in [0.25, 0.3) is 0 Å². The van der Waals surface area contributed by atoms with Crippen molar-refractivity contribution in [1.29, 1.82) is 0 Å². The predicted octanol–water partition coefficient (Wildman–Crippen LogP) is 0.740. The number of nitrogens with zero attached hydrogens (tertiary/aromatic N) is 2. The Labute approximate surface area is 91.1 Å². The molecule has 0 radical (unpaired) electrons. The van der Waals surface area contributed by atoms with Crippen molar-refractivity contribution in [2.45, 2.75) is 0 Å². The third kappa shape index (κ3) is 8.17. The van der Waals surface area contributed by atoms with Crippen LogP contribution in [0.4, 0.5) is 9.59 Å². The number of nitrogens with one attached hydrogen (secondary N) is 2. The molecule has 8 heteroatoms. The van der Waals surface area contributed by atoms with Crippen molar-refractivity contribution >= 4 is 32.1 Å². The topological polar surface area (TPSA) is 64.7 Å². The maximum atomic E-state index is 11.0. The number of carbonyl (C=O) groups is 2. The van der Waals surface area contributed by atoms with Gasteiger partial charge >= 0.3 is 10.5 Å². The molecule has 82 valence electrons. The summed E-state index contributed by atoms with van der Waals surface area (Å²) in [5.41, 5.74) is 4.99. The maximum Gasteiger partial charge on any atom is 0.304 e. The van der Waals surface area contributed by atoms with E-state index < -0.39 is 0 Å². The molecule has 14 heavy (non-hydrogen) atoms. The SMILES string of the molecule is CN(C)NC(=O)SSC(=O)NN(C)C. The molecular formula is C6H14N4O2S2. The van der Waals surface area contributed by atoms with Gasteiger partial charge in [-0.1, -0.05) is 0 Å². The third-order valence-corrected chi connectivity index (χ3v) is 2.55. The summed E-state index contributed by atoms with van der Waals surface area (Å²) >= 11 is 0. The third-order valence-electron chi connectivity index (χ3n) is 0.823. The first-order chi connectivity index (χ1) is 6.41. The molecule has 2 N–H and O–H groups in total. The highest BCUT2D eigenvalue weighted by Crippen LogP contribution is 2.22. The minimum Gasteiger partial charge on any atom is -0.279 e. The molecule has 0 aliphatic heterocycles. The van der Waals surface area contributed by atoms with E-state index in [-0.39, 0.29) is 10.5 Å². The fourth-order valence-electron chi connectivity index (χ4n) is 0.478. The molecule has 0 atom stereocenters. The number of hydrogen-bond acceptors (Lipinski definition) is 6. The molecule has 0 fully saturated rings. The van der Waals surface area contributed by atoms with E-state index in [2.05, 4.69) is 10.9 Å². The van der Waals surface area contributed by atoms with Crippen molar-refractivity contribution in [1.82, 2.24) is 20.9 Å². The van der Waals surface area contributed by atoms with Gasteiger partial charge in [-0.2, -0.15) is 0 Å². The van der Waals surface area contributed by atoms with Gasteiger partial charge in [-0.25, -0.2) is 10.0 Å². The molecule has 0 saturated carbocycles. The average molecular weight is 238 g/mol. The van der Waals surface area contributed by atoms with Crippen molar-refractivity contribution < 1.29 is 9.59 Å². The lowest BCUT2D eigenvalue weighted by Gasteiger charge is -2.12. The lowest BCUT2D eigenvalue weighted by Crippen LogP contribution is -2.34. The largest absolute Gasteiger partial charge is 0.304 e. The van der Waals surface area contributed by atoms with E-state index in [0.717, 1.165) is 21.6 Å². The van der Waals surface area contributed by atoms with Crippen LogP contribution in [0.15, 0.2) is 0 Å². The summed E-state index contributed by atoms with van der Waals surface area (Å²) in [5, 5.41) is 2.46. The van der Waals surface area contributed by atoms with Gasteiger partial charge in [0.2, 0.25) is 0 Å². The smallest absolute Gasteiger partial charge is 0.279 e. The lowest BCUT2D eigenvalue weighted by molar-refractivity contribution is 0.233. The average Bonchev–Trinajstić information content (AvgIpc) is 1.98. The van der Waals surface area contributed by atoms with Crippen molar-refractivity contribution in [2.24, 2.45) is 0 Å². The van der Waals surface area contributed by atoms with Gasteiger partial charge in [0.1, 0.15) is 0 Å². The monoisotopic (exact) mass is 238 g/mol. The van der Waals surface area contributed by atoms with Gasteiger partial charge in [0.05, 0.1) is 0 Å². The first-order valence-electron chi connectivity index (χ1n) is 3.72. The summed E-state index contributed by atoms with van der Waals surface area (Å²) in [5.74, 6) is 0. The van der Waals surface area contributed by atoms with E-state index in [1.807, 2.05) is 0 Å². The molecule has 0 aromatic rings. The number of hydrazine groups is 2. The zero-order chi connectivity index (χ0) is 11.1. The fraction of sp³-hybridized carbons (Fsp3) is 0.667. The maximum absolute atomic E-state index is 11.0. The number of rotatable bonds is 2. The van der Waals surface area contributed by atoms with E-state index in [0.29, 0.717) is 0 Å². The molecular weight excluding hydrogens is 224 g/mol. The Morgan fingerprint density at radius 2 is 1.14 bits per heavy atom. The van der Waals surface area contributed by atoms with Gasteiger partial charge in [-0.3, -0.25) is 20.4 Å². The molecule has 2 amide bonds. The molecule has 0 spiro atoms. The predicted molar refractivity (Wildman–Crippen MR) is 59.6 cm³/mol. The minimum atomic E-state index is -0.283. The number of carbonyl (C=O) groups excluding carboxylic acids is 2. The van der Waals surface area contributed by atoms with Gasteiger partial charge < -0.3 is 0 Å². The number of amides is 2. The van der Waals surface area contributed by atoms with Crippen LogP contribution in [0.1, 0.15) is 0 Å². The molecule has 0 heterocycles. The van der Waals surface area contributed by atoms with Crippen LogP contribution in [0, 0.1) is 0 Å². The summed E-state index contributed by atoms with van der Waals surface area (Å²) in [6.07, 6.45) is 0. The van der Waals surface area contributed by atoms with Gasteiger partial charge in [-0.05, 0) is 0 Å². The van der Waals surface area contributed by atoms with Crippen molar-refractivity contribution in [3.05, 3.63) is 0 Å². The zero-order valence-corrected chi connectivity index (χ0v) is 10.2. The quantitative estimate of drug-likeness (QED) is 0.546. The molecule has 0 aliphatic carbocycles. The van der Waals surface area contributed by atoms with Crippen molar-refractivity contribution in [3.8, 4) is 0 Å². The zero-order valence-electron chi connectivity index (χ0n) is 8.53. The molecule has 0 unspecified atom stereocenters. The standard InChI is InChI=1S/C6H14N4O2S2/c1-9(2)7-5(11)13-14-6(12)8-10(3)4/h1-4H3,(H,7,11)(H,8,12). The summed E-state index contributed by atoms with van der Waals surface area (Å²) in [6.45, 7) is 0. The van der Waals surface area contributed by atoms with E-state index >= 15 is 0 Å². The van der Waals surface area contributed by atoms with E-state index in [1.165, 1.54) is 10.0 Å². The summed E-state index contributed by atoms with van der Waals surface area (Å²) in [6, 6.07) is 0. The first-order valence-corrected chi connectivity index (χ1v) is 5.87. The van der Waals surface area contributed by atoms with Crippen molar-refractivity contribution in [3.63, 3.8) is 0 Å². The Morgan fingerprint density at radius 3 is 1.36 bits per heavy atom. The second-order valence-electron chi connectivity index (χ2n) is 2.75. The van der Waals surface area contributed by atoms with Crippen LogP contribution in [0.3, 0.4) is 0 Å². The summed E-state index contributed by atoms with van der Waals surface area (Å²) in [4.78, 5) is 22.1. The fourth-order valence-corrected chi connectivity index (χ4v) is 1.75. The second-order valence-corrected chi connectivity index (χ2v) is 4.83. The van der Waals surface area contributed by atoms with Gasteiger partial charge in [-0.15, -0.1) is 0 Å². The lowest BCUT2D eigenvalue weighted by atomic mass is 11.1. The Bertz CT molecular complexity index is 188. The van der Waals surface area contributed by atoms with E-state index in [9.17, 15) is 9.59 Å². The minimum absolute atomic E-state index is 0.283. The molecule has 0 saturated heterocycles. The Hall–Kier alpha value is -0.440. The summed E-state index contributed by atoms with van der Waals surface area (Å²) in [7, 11) is 8.47. The van der Waals surface area contributed by atoms with E-state index in [4.69, 9.17) is 0 Å². The molecule has 0 rings (SSSR count). The van der Waals surface area contributed by atoms with Crippen LogP contribution >= 0.6 is 21.6 Å². The van der Waals surface area contributed by atoms with Crippen LogP contribution in [0.2, 0.25) is 0 Å². The number of hydrogen-bond donors (Lipinski definition) is 2. The molecule has 0 aliphatic rings. The van der Waals surface area contributed by atoms with Crippen LogP contribution < -0.4 is 10.9 Å². The highest BCUT2D eigenvalue weighted by molar-refractivity contribution is 8.87. The second kappa shape index (κ2) is 6.93. The normalized spacial score (nSPS) is 10.4. The molecule has 0 aromatic carbocycles. The van der Waals surface area contributed by atoms with Crippen molar-refractivity contribution in [2.75, 3.05) is 28.2 Å². The van der Waals surface area contributed by atoms with Crippen LogP contribution in [0.5, 0.6) is 0 Å². The first kappa shape index (κ1) is 13.6. The van der Waals surface area contributed by atoms with Gasteiger partial charge in [0.15, 0.2) is 0 Å². The van der Waals surface area contributed by atoms with Gasteiger partial charge in [0, 0.05) is 49.8 Å². The molecule has 0 aromatic heterocycles. The Morgan fingerprint density at radius 1 is 0.857 bits per heavy atom. The Balaban J connectivity index is 3.61.